The highest BCUT2D eigenvalue weighted by molar-refractivity contribution is 6.30. The molecule has 3 N–H and O–H groups in total. The Balaban J connectivity index is 2.25. The average molecular weight is 536 g/mol. The van der Waals surface area contributed by atoms with Crippen molar-refractivity contribution in [3.63, 3.8) is 0 Å². The predicted molar refractivity (Wildman–Crippen MR) is 143 cm³/mol. The highest BCUT2D eigenvalue weighted by atomic mass is 35.5. The van der Waals surface area contributed by atoms with E-state index in [1.54, 1.807) is 30.0 Å². The van der Waals surface area contributed by atoms with Gasteiger partial charge in [0.25, 0.3) is 0 Å². The van der Waals surface area contributed by atoms with Crippen molar-refractivity contribution in [1.29, 1.82) is 0 Å². The van der Waals surface area contributed by atoms with Gasteiger partial charge in [-0.05, 0) is 69.0 Å². The minimum absolute atomic E-state index is 0.149. The Morgan fingerprint density at radius 1 is 1.11 bits per heavy atom. The number of likely N-dealkylation sites (tertiary alicyclic amines) is 1. The van der Waals surface area contributed by atoms with E-state index in [1.807, 2.05) is 58.0 Å². The molecule has 3 rings (SSSR count). The number of hydrogen-bond acceptors (Lipinski definition) is 4. The number of nitrogens with one attached hydrogen (secondary N) is 1. The van der Waals surface area contributed by atoms with E-state index < -0.39 is 29.3 Å². The van der Waals surface area contributed by atoms with Crippen LogP contribution in [0.1, 0.15) is 77.0 Å². The van der Waals surface area contributed by atoms with Crippen molar-refractivity contribution >= 4 is 35.0 Å². The number of aliphatic hydroxyl groups excluding tert-OH is 1. The molecule has 0 saturated carbocycles. The van der Waals surface area contributed by atoms with Crippen LogP contribution in [0, 0.1) is 5.41 Å². The van der Waals surface area contributed by atoms with Crippen LogP contribution in [0.5, 0.6) is 0 Å². The van der Waals surface area contributed by atoms with Crippen molar-refractivity contribution in [1.82, 2.24) is 10.2 Å². The lowest BCUT2D eigenvalue weighted by atomic mass is 9.67. The van der Waals surface area contributed by atoms with Gasteiger partial charge >= 0.3 is 0 Å². The van der Waals surface area contributed by atoms with Gasteiger partial charge in [0.15, 0.2) is 6.29 Å². The summed E-state index contributed by atoms with van der Waals surface area (Å²) in [6, 6.07) is 13.5. The molecule has 1 aliphatic heterocycles. The van der Waals surface area contributed by atoms with Gasteiger partial charge in [0, 0.05) is 27.9 Å². The van der Waals surface area contributed by atoms with Gasteiger partial charge in [-0.15, -0.1) is 0 Å². The quantitative estimate of drug-likeness (QED) is 0.412. The summed E-state index contributed by atoms with van der Waals surface area (Å²) in [6.45, 7) is 9.31. The van der Waals surface area contributed by atoms with E-state index in [4.69, 9.17) is 23.2 Å². The van der Waals surface area contributed by atoms with Crippen molar-refractivity contribution < 1.29 is 19.8 Å². The maximum Gasteiger partial charge on any atom is 0.243 e. The van der Waals surface area contributed by atoms with E-state index >= 15 is 0 Å². The largest absolute Gasteiger partial charge is 0.368 e. The molecular formula is C28H36Cl2N2O4. The second kappa shape index (κ2) is 11.1. The first-order valence-corrected chi connectivity index (χ1v) is 13.0. The fraction of sp³-hybridized carbons (Fsp3) is 0.500. The number of nitrogens with zero attached hydrogens (tertiary/aromatic N) is 1. The van der Waals surface area contributed by atoms with Gasteiger partial charge in [0.05, 0.1) is 11.5 Å². The Kier molecular flexibility index (Phi) is 8.77. The number of benzene rings is 2. The number of carbonyl (C=O) groups is 2. The van der Waals surface area contributed by atoms with E-state index in [1.165, 1.54) is 0 Å². The third kappa shape index (κ3) is 6.41. The van der Waals surface area contributed by atoms with Gasteiger partial charge in [0.1, 0.15) is 6.04 Å². The minimum atomic E-state index is -1.67. The van der Waals surface area contributed by atoms with Gasteiger partial charge in [-0.2, -0.15) is 0 Å². The molecule has 1 aliphatic rings. The number of rotatable bonds is 7. The molecule has 0 aromatic heterocycles. The fourth-order valence-electron chi connectivity index (χ4n) is 5.28. The molecule has 2 amide bonds. The first-order valence-electron chi connectivity index (χ1n) is 12.3. The summed E-state index contributed by atoms with van der Waals surface area (Å²) in [7, 11) is 0. The van der Waals surface area contributed by atoms with Crippen molar-refractivity contribution in [3.8, 4) is 0 Å². The SMILES string of the molecule is CC[C@@H](C(=O)NC(C)(C)C)N1C(=O)[C@@](C)(CC(O)O)C[C@H](c2cccc(Cl)c2)[C@H]1c1ccc(Cl)cc1. The number of halogens is 2. The van der Waals surface area contributed by atoms with E-state index in [9.17, 15) is 19.8 Å². The standard InChI is InChI=1S/C28H36Cl2N2O4/c1-6-22(25(35)31-27(2,3)4)32-24(17-10-12-19(29)13-11-17)21(18-8-7-9-20(30)14-18)15-28(5,26(32)36)16-23(33)34/h7-14,21-24,33-34H,6,15-16H2,1-5H3,(H,31,35)/t21-,22+,24-,28-/m1/s1. The summed E-state index contributed by atoms with van der Waals surface area (Å²) < 4.78 is 0. The zero-order valence-electron chi connectivity index (χ0n) is 21.5. The zero-order chi connectivity index (χ0) is 26.8. The maximum absolute atomic E-state index is 14.2. The molecule has 1 heterocycles. The lowest BCUT2D eigenvalue weighted by molar-refractivity contribution is -0.166. The summed E-state index contributed by atoms with van der Waals surface area (Å²) >= 11 is 12.6. The Morgan fingerprint density at radius 2 is 1.75 bits per heavy atom. The van der Waals surface area contributed by atoms with E-state index in [0.717, 1.165) is 11.1 Å². The van der Waals surface area contributed by atoms with Crippen LogP contribution in [0.4, 0.5) is 0 Å². The Bertz CT molecular complexity index is 1080. The molecule has 36 heavy (non-hydrogen) atoms. The van der Waals surface area contributed by atoms with Gasteiger partial charge in [-0.3, -0.25) is 9.59 Å². The van der Waals surface area contributed by atoms with Crippen LogP contribution in [0.15, 0.2) is 48.5 Å². The molecule has 8 heteroatoms. The number of amides is 2. The lowest BCUT2D eigenvalue weighted by Crippen LogP contribution is -2.61. The van der Waals surface area contributed by atoms with Gasteiger partial charge in [-0.1, -0.05) is 61.3 Å². The second-order valence-electron chi connectivity index (χ2n) is 11.0. The predicted octanol–water partition coefficient (Wildman–Crippen LogP) is 5.45. The van der Waals surface area contributed by atoms with Crippen molar-refractivity contribution in [3.05, 3.63) is 69.7 Å². The molecule has 2 aromatic rings. The summed E-state index contributed by atoms with van der Waals surface area (Å²) in [5, 5.41) is 24.0. The molecule has 0 spiro atoms. The summed E-state index contributed by atoms with van der Waals surface area (Å²) in [6.07, 6.45) is -1.08. The second-order valence-corrected chi connectivity index (χ2v) is 11.9. The molecule has 0 bridgehead atoms. The van der Waals surface area contributed by atoms with Gasteiger partial charge in [-0.25, -0.2) is 0 Å². The van der Waals surface area contributed by atoms with Crippen molar-refractivity contribution in [2.75, 3.05) is 0 Å². The van der Waals surface area contributed by atoms with E-state index in [2.05, 4.69) is 5.32 Å². The molecule has 0 radical (unpaired) electrons. The highest BCUT2D eigenvalue weighted by Crippen LogP contribution is 2.52. The molecule has 1 saturated heterocycles. The summed E-state index contributed by atoms with van der Waals surface area (Å²) in [5.41, 5.74) is 0.145. The maximum atomic E-state index is 14.2. The molecule has 0 aliphatic carbocycles. The van der Waals surface area contributed by atoms with Gasteiger partial charge in [0.2, 0.25) is 11.8 Å². The number of carbonyl (C=O) groups excluding carboxylic acids is 2. The summed E-state index contributed by atoms with van der Waals surface area (Å²) in [5.74, 6) is -0.802. The van der Waals surface area contributed by atoms with Crippen molar-refractivity contribution in [2.45, 2.75) is 83.7 Å². The minimum Gasteiger partial charge on any atom is -0.368 e. The molecular weight excluding hydrogens is 499 g/mol. The van der Waals surface area contributed by atoms with Crippen LogP contribution in [0.3, 0.4) is 0 Å². The third-order valence-electron chi connectivity index (χ3n) is 6.75. The molecule has 196 valence electrons. The van der Waals surface area contributed by atoms with Crippen LogP contribution in [-0.4, -0.2) is 44.8 Å². The Labute approximate surface area is 223 Å². The number of piperidine rings is 1. The lowest BCUT2D eigenvalue weighted by Gasteiger charge is -2.52. The number of hydrogen-bond donors (Lipinski definition) is 3. The van der Waals surface area contributed by atoms with Crippen molar-refractivity contribution in [2.24, 2.45) is 5.41 Å². The summed E-state index contributed by atoms with van der Waals surface area (Å²) in [4.78, 5) is 29.4. The van der Waals surface area contributed by atoms with Crippen LogP contribution in [-0.2, 0) is 9.59 Å². The topological polar surface area (TPSA) is 89.9 Å². The third-order valence-corrected chi connectivity index (χ3v) is 7.23. The number of aliphatic hydroxyl groups is 2. The molecule has 2 aromatic carbocycles. The monoisotopic (exact) mass is 534 g/mol. The Hall–Kier alpha value is -2.12. The zero-order valence-corrected chi connectivity index (χ0v) is 23.0. The highest BCUT2D eigenvalue weighted by Gasteiger charge is 2.53. The van der Waals surface area contributed by atoms with Crippen LogP contribution >= 0.6 is 23.2 Å². The van der Waals surface area contributed by atoms with E-state index in [-0.39, 0.29) is 24.2 Å². The molecule has 0 unspecified atom stereocenters. The fourth-order valence-corrected chi connectivity index (χ4v) is 5.60. The van der Waals surface area contributed by atoms with E-state index in [0.29, 0.717) is 22.9 Å². The van der Waals surface area contributed by atoms with Gasteiger partial charge < -0.3 is 20.4 Å². The Morgan fingerprint density at radius 3 is 2.28 bits per heavy atom. The molecule has 6 nitrogen and oxygen atoms in total. The molecule has 4 atom stereocenters. The van der Waals surface area contributed by atoms with Crippen LogP contribution < -0.4 is 5.32 Å². The van der Waals surface area contributed by atoms with Crippen LogP contribution in [0.25, 0.3) is 0 Å². The first-order chi connectivity index (χ1) is 16.8. The normalized spacial score (nSPS) is 23.6. The van der Waals surface area contributed by atoms with Crippen LogP contribution in [0.2, 0.25) is 10.0 Å². The molecule has 1 fully saturated rings. The first kappa shape index (κ1) is 28.5. The smallest absolute Gasteiger partial charge is 0.243 e. The average Bonchev–Trinajstić information content (AvgIpc) is 2.76.